The third kappa shape index (κ3) is 13.8. The highest BCUT2D eigenvalue weighted by Gasteiger charge is 2.32. The van der Waals surface area contributed by atoms with E-state index in [9.17, 15) is 9.59 Å². The lowest BCUT2D eigenvalue weighted by atomic mass is 10.1. The molecule has 0 bridgehead atoms. The maximum absolute atomic E-state index is 13.5. The number of carbonyl (C=O) groups excluding carboxylic acids is 2. The molecule has 1 N–H and O–H groups in total. The van der Waals surface area contributed by atoms with Gasteiger partial charge in [0.15, 0.2) is 5.79 Å². The van der Waals surface area contributed by atoms with Gasteiger partial charge >= 0.3 is 12.2 Å². The highest BCUT2D eigenvalue weighted by molar-refractivity contribution is 7.97. The predicted octanol–water partition coefficient (Wildman–Crippen LogP) is 8.23. The maximum Gasteiger partial charge on any atom is 0.410 e. The average Bonchev–Trinajstić information content (AvgIpc) is 3.87. The first-order chi connectivity index (χ1) is 25.9. The summed E-state index contributed by atoms with van der Waals surface area (Å²) in [6.07, 6.45) is 13.1. The molecule has 0 saturated heterocycles. The molecule has 0 aliphatic heterocycles. The molecular weight excluding hydrogens is 719 g/mol. The third-order valence-corrected chi connectivity index (χ3v) is 9.66. The van der Waals surface area contributed by atoms with Gasteiger partial charge in [-0.1, -0.05) is 30.3 Å². The van der Waals surface area contributed by atoms with Gasteiger partial charge in [0.05, 0.1) is 5.69 Å². The topological polar surface area (TPSA) is 137 Å². The first kappa shape index (κ1) is 43.6. The minimum atomic E-state index is -0.958. The normalized spacial score (nSPS) is 16.1. The van der Waals surface area contributed by atoms with Gasteiger partial charge in [-0.05, 0) is 117 Å². The largest absolute Gasteiger partial charge is 0.444 e. The molecular formula is C41H61N7O6S. The Kier molecular flexibility index (Phi) is 15.2. The summed E-state index contributed by atoms with van der Waals surface area (Å²) < 4.78 is 20.2. The summed E-state index contributed by atoms with van der Waals surface area (Å²) in [5, 5.41) is 14.3. The molecule has 4 aromatic rings. The molecule has 1 aromatic carbocycles. The van der Waals surface area contributed by atoms with E-state index in [0.29, 0.717) is 32.6 Å². The van der Waals surface area contributed by atoms with E-state index in [-0.39, 0.29) is 24.1 Å². The van der Waals surface area contributed by atoms with Crippen LogP contribution in [0.4, 0.5) is 9.59 Å². The van der Waals surface area contributed by atoms with Crippen molar-refractivity contribution in [2.24, 2.45) is 5.92 Å². The van der Waals surface area contributed by atoms with E-state index in [1.165, 1.54) is 7.11 Å². The summed E-state index contributed by atoms with van der Waals surface area (Å²) >= 11 is 1.54. The molecule has 3 aromatic heterocycles. The van der Waals surface area contributed by atoms with E-state index in [4.69, 9.17) is 19.7 Å². The number of hydrogen-bond acceptors (Lipinski definition) is 10. The van der Waals surface area contributed by atoms with Crippen molar-refractivity contribution in [3.05, 3.63) is 66.9 Å². The average molecular weight is 780 g/mol. The van der Waals surface area contributed by atoms with Crippen LogP contribution in [0.3, 0.4) is 0 Å². The number of aliphatic hydroxyl groups is 1. The van der Waals surface area contributed by atoms with E-state index in [2.05, 4.69) is 37.6 Å². The Balaban J connectivity index is 0.00000104. The van der Waals surface area contributed by atoms with Gasteiger partial charge in [0.2, 0.25) is 0 Å². The molecule has 55 heavy (non-hydrogen) atoms. The van der Waals surface area contributed by atoms with Crippen molar-refractivity contribution in [2.75, 3.05) is 39.5 Å². The Morgan fingerprint density at radius 3 is 2.16 bits per heavy atom. The van der Waals surface area contributed by atoms with E-state index in [1.54, 1.807) is 37.0 Å². The predicted molar refractivity (Wildman–Crippen MR) is 218 cm³/mol. The zero-order valence-corrected chi connectivity index (χ0v) is 35.1. The Morgan fingerprint density at radius 2 is 1.56 bits per heavy atom. The number of rotatable bonds is 13. The van der Waals surface area contributed by atoms with Gasteiger partial charge < -0.3 is 33.7 Å². The number of benzene rings is 1. The second kappa shape index (κ2) is 19.1. The Hall–Kier alpha value is -4.14. The number of carbonyl (C=O) groups is 2. The fraction of sp³-hybridized carbons (Fsp3) is 0.585. The molecule has 0 radical (unpaired) electrons. The van der Waals surface area contributed by atoms with Gasteiger partial charge in [-0.3, -0.25) is 0 Å². The van der Waals surface area contributed by atoms with Gasteiger partial charge in [-0.25, -0.2) is 23.6 Å². The molecule has 0 spiro atoms. The van der Waals surface area contributed by atoms with Gasteiger partial charge in [-0.15, -0.1) is 0 Å². The molecule has 14 heteroatoms. The summed E-state index contributed by atoms with van der Waals surface area (Å²) in [5.41, 5.74) is 2.75. The Labute approximate surface area is 330 Å². The summed E-state index contributed by atoms with van der Waals surface area (Å²) in [5.74, 6) is -0.670. The maximum atomic E-state index is 13.5. The summed E-state index contributed by atoms with van der Waals surface area (Å²) in [6.45, 7) is 16.5. The molecule has 1 saturated carbocycles. The summed E-state index contributed by atoms with van der Waals surface area (Å²) in [6, 6.07) is 12.4. The van der Waals surface area contributed by atoms with Crippen LogP contribution in [-0.2, 0) is 20.6 Å². The van der Waals surface area contributed by atoms with Crippen molar-refractivity contribution < 1.29 is 28.9 Å². The number of methoxy groups -OCH3 is 1. The Bertz CT molecular complexity index is 1810. The van der Waals surface area contributed by atoms with Crippen molar-refractivity contribution >= 4 is 35.2 Å². The first-order valence-electron chi connectivity index (χ1n) is 19.0. The van der Waals surface area contributed by atoms with Gasteiger partial charge in [0.25, 0.3) is 0 Å². The minimum absolute atomic E-state index is 0.236. The van der Waals surface area contributed by atoms with Gasteiger partial charge in [0, 0.05) is 75.1 Å². The van der Waals surface area contributed by atoms with Crippen molar-refractivity contribution in [1.82, 2.24) is 33.5 Å². The lowest BCUT2D eigenvalue weighted by Gasteiger charge is -2.31. The van der Waals surface area contributed by atoms with Gasteiger partial charge in [-0.2, -0.15) is 5.10 Å². The molecule has 302 valence electrons. The molecule has 1 unspecified atom stereocenters. The van der Waals surface area contributed by atoms with Crippen LogP contribution in [0, 0.1) is 5.92 Å². The number of ether oxygens (including phenoxy) is 3. The highest BCUT2D eigenvalue weighted by atomic mass is 32.2. The molecule has 3 heterocycles. The van der Waals surface area contributed by atoms with Crippen LogP contribution in [0.2, 0.25) is 0 Å². The molecule has 2 atom stereocenters. The second-order valence-corrected chi connectivity index (χ2v) is 17.2. The number of amides is 2. The third-order valence-electron chi connectivity index (χ3n) is 9.08. The van der Waals surface area contributed by atoms with Crippen LogP contribution < -0.4 is 0 Å². The molecule has 13 nitrogen and oxygen atoms in total. The first-order valence-corrected chi connectivity index (χ1v) is 20.2. The van der Waals surface area contributed by atoms with Crippen molar-refractivity contribution in [3.8, 4) is 11.3 Å². The van der Waals surface area contributed by atoms with E-state index >= 15 is 0 Å². The zero-order valence-electron chi connectivity index (χ0n) is 34.3. The highest BCUT2D eigenvalue weighted by Crippen LogP contribution is 2.39. The van der Waals surface area contributed by atoms with Crippen LogP contribution in [0.15, 0.2) is 61.3 Å². The van der Waals surface area contributed by atoms with E-state index in [1.807, 2.05) is 93.4 Å². The number of aromatic nitrogens is 5. The van der Waals surface area contributed by atoms with Crippen LogP contribution in [0.1, 0.15) is 92.7 Å². The lowest BCUT2D eigenvalue weighted by Crippen LogP contribution is -2.42. The Morgan fingerprint density at radius 1 is 0.927 bits per heavy atom. The van der Waals surface area contributed by atoms with Crippen LogP contribution in [0.5, 0.6) is 0 Å². The fourth-order valence-corrected chi connectivity index (χ4v) is 6.72. The fourth-order valence-electron chi connectivity index (χ4n) is 6.37. The molecule has 1 aliphatic carbocycles. The number of hydrogen-bond donors (Lipinski definition) is 1. The zero-order chi connectivity index (χ0) is 40.4. The molecule has 2 amide bonds. The van der Waals surface area contributed by atoms with Crippen LogP contribution >= 0.6 is 11.9 Å². The minimum Gasteiger partial charge on any atom is -0.444 e. The summed E-state index contributed by atoms with van der Waals surface area (Å²) in [4.78, 5) is 39.3. The summed E-state index contributed by atoms with van der Waals surface area (Å²) in [7, 11) is 1.46. The van der Waals surface area contributed by atoms with E-state index in [0.717, 1.165) is 53.5 Å². The van der Waals surface area contributed by atoms with Crippen molar-refractivity contribution in [3.63, 3.8) is 0 Å². The molecule has 1 fully saturated rings. The molecule has 5 rings (SSSR count). The monoisotopic (exact) mass is 779 g/mol. The second-order valence-electron chi connectivity index (χ2n) is 16.5. The number of fused-ring (bicyclic) bond motifs is 1. The van der Waals surface area contributed by atoms with Gasteiger partial charge in [0.1, 0.15) is 23.2 Å². The SMILES string of the molecule is COC(C)(C)O.CSn1ccc(-c2cn([C@H]3CCC(CN(CCCN(CCc4ccccc4)C(=O)OC(C)(C)C)C(=O)OC(C)(C)C)C3)c3ncncc23)n1. The molecule has 1 aliphatic rings. The lowest BCUT2D eigenvalue weighted by molar-refractivity contribution is -0.155. The van der Waals surface area contributed by atoms with Crippen molar-refractivity contribution in [1.29, 1.82) is 0 Å². The smallest absolute Gasteiger partial charge is 0.410 e. The standard InChI is InChI=1S/C37H51N7O4S.C4H10O2/c1-36(2,3)47-34(45)41(20-16-27-12-9-8-10-13-27)18-11-19-42(35(46)48-37(4,5)6)24-28-14-15-29(22-28)43-25-31(30-23-38-26-39-33(30)43)32-17-21-44(40-32)49-7;1-4(2,5)6-3/h8-10,12-13,17,21,23,25-26,28-29H,11,14-16,18-20,22,24H2,1-7H3;5H,1-3H3/t28?,29-;/m0./s1. The van der Waals surface area contributed by atoms with E-state index < -0.39 is 17.0 Å². The van der Waals surface area contributed by atoms with Crippen LogP contribution in [-0.4, -0.2) is 107 Å². The van der Waals surface area contributed by atoms with Crippen LogP contribution in [0.25, 0.3) is 22.3 Å². The number of nitrogens with zero attached hydrogens (tertiary/aromatic N) is 7. The quantitative estimate of drug-likeness (QED) is 0.132. The van der Waals surface area contributed by atoms with Crippen molar-refractivity contribution in [2.45, 2.75) is 111 Å².